The Bertz CT molecular complexity index is 1800. The molecule has 0 radical (unpaired) electrons. The van der Waals surface area contributed by atoms with Crippen molar-refractivity contribution in [3.8, 4) is 11.1 Å². The van der Waals surface area contributed by atoms with Gasteiger partial charge in [0.05, 0.1) is 0 Å². The Kier molecular flexibility index (Phi) is 10.1. The molecule has 5 aromatic rings. The molecule has 244 valence electrons. The average Bonchev–Trinajstić information content (AvgIpc) is 3.12. The topological polar surface area (TPSA) is 44.4 Å². The summed E-state index contributed by atoms with van der Waals surface area (Å²) in [5.41, 5.74) is 9.64. The second-order valence-corrected chi connectivity index (χ2v) is 14.0. The van der Waals surface area contributed by atoms with Crippen molar-refractivity contribution in [2.24, 2.45) is 5.92 Å². The van der Waals surface area contributed by atoms with E-state index in [1.165, 1.54) is 22.4 Å². The van der Waals surface area contributed by atoms with Crippen molar-refractivity contribution in [2.45, 2.75) is 51.5 Å². The number of rotatable bonds is 10. The van der Waals surface area contributed by atoms with E-state index in [2.05, 4.69) is 140 Å². The Morgan fingerprint density at radius 2 is 1.38 bits per heavy atom. The first-order valence-electron chi connectivity index (χ1n) is 17.1. The summed E-state index contributed by atoms with van der Waals surface area (Å²) < 4.78 is 0. The quantitative estimate of drug-likeness (QED) is 0.161. The van der Waals surface area contributed by atoms with Crippen LogP contribution in [0.25, 0.3) is 11.1 Å². The molecule has 0 spiro atoms. The molecule has 1 aliphatic rings. The number of hydrogen-bond acceptors (Lipinski definition) is 3. The smallest absolute Gasteiger partial charge is 0.256 e. The molecule has 6 rings (SSSR count). The van der Waals surface area contributed by atoms with Crippen molar-refractivity contribution in [2.75, 3.05) is 23.3 Å². The second-order valence-electron chi connectivity index (χ2n) is 14.0. The molecule has 0 aromatic heterocycles. The van der Waals surface area contributed by atoms with Crippen LogP contribution in [-0.2, 0) is 12.0 Å². The van der Waals surface area contributed by atoms with Crippen LogP contribution in [-0.4, -0.2) is 19.0 Å². The number of allylic oxidation sites excluding steroid dienone is 1. The van der Waals surface area contributed by atoms with Crippen LogP contribution < -0.4 is 15.5 Å². The molecule has 48 heavy (non-hydrogen) atoms. The number of carbonyl (C=O) groups is 1. The minimum Gasteiger partial charge on any atom is -0.384 e. The Balaban J connectivity index is 1.08. The standard InChI is InChI=1S/C44H47N3O/c1-32(45-31-33-13-7-5-8-14-33)42(35-15-9-6-10-16-35)36-27-29-47(30-28-36)39-25-23-38(24-26-39)46-43(48)41-18-12-11-17-40(41)34-19-21-37(22-20-34)44(2,3)4/h5-26,36,42,45H,1,27-31H2,2-4H3,(H,46,48). The first-order chi connectivity index (χ1) is 23.3. The van der Waals surface area contributed by atoms with E-state index < -0.39 is 0 Å². The van der Waals surface area contributed by atoms with Gasteiger partial charge in [-0.25, -0.2) is 0 Å². The van der Waals surface area contributed by atoms with Gasteiger partial charge in [0.2, 0.25) is 0 Å². The van der Waals surface area contributed by atoms with E-state index in [0.29, 0.717) is 11.5 Å². The third kappa shape index (κ3) is 7.88. The van der Waals surface area contributed by atoms with E-state index in [0.717, 1.165) is 55.0 Å². The molecule has 4 heteroatoms. The lowest BCUT2D eigenvalue weighted by molar-refractivity contribution is 0.102. The van der Waals surface area contributed by atoms with E-state index in [1.54, 1.807) is 0 Å². The van der Waals surface area contributed by atoms with Gasteiger partial charge in [-0.05, 0) is 82.3 Å². The van der Waals surface area contributed by atoms with Gasteiger partial charge in [0.1, 0.15) is 0 Å². The lowest BCUT2D eigenvalue weighted by atomic mass is 9.78. The molecule has 5 aromatic carbocycles. The van der Waals surface area contributed by atoms with Crippen LogP contribution >= 0.6 is 0 Å². The molecule has 0 bridgehead atoms. The SMILES string of the molecule is C=C(NCc1ccccc1)C(c1ccccc1)C1CCN(c2ccc(NC(=O)c3ccccc3-c3ccc(C(C)(C)C)cc3)cc2)CC1. The Labute approximate surface area is 286 Å². The average molecular weight is 634 g/mol. The van der Waals surface area contributed by atoms with Gasteiger partial charge in [-0.2, -0.15) is 0 Å². The van der Waals surface area contributed by atoms with Gasteiger partial charge >= 0.3 is 0 Å². The molecule has 1 saturated heterocycles. The van der Waals surface area contributed by atoms with Crippen LogP contribution in [0.3, 0.4) is 0 Å². The Morgan fingerprint density at radius 1 is 0.771 bits per heavy atom. The minimum atomic E-state index is -0.105. The molecule has 2 N–H and O–H groups in total. The molecule has 4 nitrogen and oxygen atoms in total. The number of nitrogens with zero attached hydrogens (tertiary/aromatic N) is 1. The Morgan fingerprint density at radius 3 is 2.02 bits per heavy atom. The zero-order valence-corrected chi connectivity index (χ0v) is 28.5. The van der Waals surface area contributed by atoms with Crippen molar-refractivity contribution in [1.82, 2.24) is 5.32 Å². The summed E-state index contributed by atoms with van der Waals surface area (Å²) in [5.74, 6) is 0.656. The van der Waals surface area contributed by atoms with Crippen LogP contribution in [0, 0.1) is 5.92 Å². The second kappa shape index (κ2) is 14.8. The summed E-state index contributed by atoms with van der Waals surface area (Å²) in [5, 5.41) is 6.79. The molecule has 1 heterocycles. The van der Waals surface area contributed by atoms with Crippen molar-refractivity contribution < 1.29 is 4.79 Å². The maximum atomic E-state index is 13.5. The van der Waals surface area contributed by atoms with Crippen LogP contribution in [0.5, 0.6) is 0 Å². The predicted molar refractivity (Wildman–Crippen MR) is 202 cm³/mol. The van der Waals surface area contributed by atoms with E-state index in [-0.39, 0.29) is 17.2 Å². The van der Waals surface area contributed by atoms with E-state index in [1.807, 2.05) is 36.4 Å². The number of hydrogen-bond donors (Lipinski definition) is 2. The first-order valence-corrected chi connectivity index (χ1v) is 17.1. The summed E-state index contributed by atoms with van der Waals surface area (Å²) in [7, 11) is 0. The fourth-order valence-corrected chi connectivity index (χ4v) is 6.87. The first kappa shape index (κ1) is 32.8. The summed E-state index contributed by atoms with van der Waals surface area (Å²) in [6.45, 7) is 13.9. The summed E-state index contributed by atoms with van der Waals surface area (Å²) in [6.07, 6.45) is 2.16. The normalized spacial score (nSPS) is 14.3. The number of nitrogens with one attached hydrogen (secondary N) is 2. The number of piperidine rings is 1. The summed E-state index contributed by atoms with van der Waals surface area (Å²) >= 11 is 0. The van der Waals surface area contributed by atoms with Gasteiger partial charge in [-0.1, -0.05) is 130 Å². The molecule has 0 aliphatic carbocycles. The highest BCUT2D eigenvalue weighted by Gasteiger charge is 2.30. The van der Waals surface area contributed by atoms with Crippen LogP contribution in [0.4, 0.5) is 11.4 Å². The molecule has 1 atom stereocenters. The molecule has 1 unspecified atom stereocenters. The molecular formula is C44H47N3O. The maximum Gasteiger partial charge on any atom is 0.256 e. The molecule has 1 aliphatic heterocycles. The van der Waals surface area contributed by atoms with Gasteiger partial charge in [0.25, 0.3) is 5.91 Å². The third-order valence-electron chi connectivity index (χ3n) is 9.63. The van der Waals surface area contributed by atoms with Gasteiger partial charge in [-0.15, -0.1) is 0 Å². The lowest BCUT2D eigenvalue weighted by Crippen LogP contribution is -2.37. The third-order valence-corrected chi connectivity index (χ3v) is 9.63. The van der Waals surface area contributed by atoms with Crippen LogP contribution in [0.15, 0.2) is 146 Å². The van der Waals surface area contributed by atoms with Crippen LogP contribution in [0.1, 0.15) is 66.6 Å². The minimum absolute atomic E-state index is 0.0807. The van der Waals surface area contributed by atoms with E-state index >= 15 is 0 Å². The highest BCUT2D eigenvalue weighted by molar-refractivity contribution is 6.08. The monoisotopic (exact) mass is 633 g/mol. The van der Waals surface area contributed by atoms with Crippen molar-refractivity contribution in [3.05, 3.63) is 168 Å². The molecule has 0 saturated carbocycles. The molecule has 1 fully saturated rings. The van der Waals surface area contributed by atoms with Crippen LogP contribution in [0.2, 0.25) is 0 Å². The van der Waals surface area contributed by atoms with E-state index in [4.69, 9.17) is 0 Å². The van der Waals surface area contributed by atoms with E-state index in [9.17, 15) is 4.79 Å². The van der Waals surface area contributed by atoms with Gasteiger partial charge in [-0.3, -0.25) is 4.79 Å². The Hall–Kier alpha value is -5.09. The number of benzene rings is 5. The fourth-order valence-electron chi connectivity index (χ4n) is 6.87. The molecule has 1 amide bonds. The van der Waals surface area contributed by atoms with Gasteiger partial charge in [0.15, 0.2) is 0 Å². The highest BCUT2D eigenvalue weighted by atomic mass is 16.1. The maximum absolute atomic E-state index is 13.5. The van der Waals surface area contributed by atoms with Crippen molar-refractivity contribution in [1.29, 1.82) is 0 Å². The highest BCUT2D eigenvalue weighted by Crippen LogP contribution is 2.38. The number of anilines is 2. The summed E-state index contributed by atoms with van der Waals surface area (Å²) in [4.78, 5) is 15.9. The fraction of sp³-hybridized carbons (Fsp3) is 0.250. The largest absolute Gasteiger partial charge is 0.384 e. The number of amides is 1. The zero-order chi connectivity index (χ0) is 33.5. The zero-order valence-electron chi connectivity index (χ0n) is 28.5. The van der Waals surface area contributed by atoms with Crippen molar-refractivity contribution in [3.63, 3.8) is 0 Å². The lowest BCUT2D eigenvalue weighted by Gasteiger charge is -2.38. The predicted octanol–water partition coefficient (Wildman–Crippen LogP) is 10.2. The van der Waals surface area contributed by atoms with Crippen molar-refractivity contribution >= 4 is 17.3 Å². The number of carbonyl (C=O) groups excluding carboxylic acids is 1. The molecular weight excluding hydrogens is 587 g/mol. The van der Waals surface area contributed by atoms with Gasteiger partial charge in [0, 0.05) is 48.2 Å². The summed E-state index contributed by atoms with van der Waals surface area (Å²) in [6, 6.07) is 46.0. The van der Waals surface area contributed by atoms with Gasteiger partial charge < -0.3 is 15.5 Å².